The summed E-state index contributed by atoms with van der Waals surface area (Å²) in [4.78, 5) is 26.3. The Hall–Kier alpha value is -3.38. The summed E-state index contributed by atoms with van der Waals surface area (Å²) in [5.41, 5.74) is -1.46. The Morgan fingerprint density at radius 2 is 1.90 bits per heavy atom. The molecule has 0 radical (unpaired) electrons. The lowest BCUT2D eigenvalue weighted by Crippen LogP contribution is -2.44. The van der Waals surface area contributed by atoms with Crippen LogP contribution in [0.4, 0.5) is 28.9 Å². The lowest BCUT2D eigenvalue weighted by atomic mass is 10.1. The number of carboxylic acids is 1. The van der Waals surface area contributed by atoms with Gasteiger partial charge in [0.2, 0.25) is 5.43 Å². The second kappa shape index (κ2) is 10.9. The number of hydrogen-bond donors (Lipinski definition) is 3. The zero-order valence-corrected chi connectivity index (χ0v) is 22.6. The number of aromatic nitrogens is 1. The Morgan fingerprint density at radius 3 is 2.58 bits per heavy atom. The summed E-state index contributed by atoms with van der Waals surface area (Å²) in [6, 6.07) is 5.44. The fraction of sp³-hybridized carbons (Fsp3) is 0.370. The number of carbonyl (C=O) groups is 1. The number of anilines is 2. The van der Waals surface area contributed by atoms with Crippen molar-refractivity contribution in [2.24, 2.45) is 0 Å². The third kappa shape index (κ3) is 5.73. The molecule has 13 heteroatoms. The van der Waals surface area contributed by atoms with Crippen LogP contribution in [0.15, 0.2) is 41.3 Å². The van der Waals surface area contributed by atoms with Gasteiger partial charge < -0.3 is 25.2 Å². The van der Waals surface area contributed by atoms with E-state index in [0.29, 0.717) is 24.9 Å². The van der Waals surface area contributed by atoms with E-state index < -0.39 is 34.5 Å². The molecule has 3 N–H and O–H groups in total. The van der Waals surface area contributed by atoms with Gasteiger partial charge in [0.25, 0.3) is 0 Å². The number of benzene rings is 2. The largest absolute Gasteiger partial charge is 0.477 e. The van der Waals surface area contributed by atoms with Crippen molar-refractivity contribution in [1.82, 2.24) is 9.88 Å². The van der Waals surface area contributed by atoms with Crippen LogP contribution in [0, 0.1) is 5.82 Å². The molecule has 1 atom stereocenters. The number of pyridine rings is 1. The molecule has 40 heavy (non-hydrogen) atoms. The van der Waals surface area contributed by atoms with Gasteiger partial charge in [-0.05, 0) is 68.6 Å². The van der Waals surface area contributed by atoms with Gasteiger partial charge in [-0.15, -0.1) is 0 Å². The maximum Gasteiger partial charge on any atom is 0.416 e. The SMILES string of the molecule is O=C(O)c1cn(C2CC2)c2c(Cl)c(N3CCCCC(NC(=S)Nc4cccc(C(F)(F)F)c4)C3)c(F)cc2c1=O. The van der Waals surface area contributed by atoms with E-state index in [0.717, 1.165) is 37.5 Å². The number of alkyl halides is 3. The van der Waals surface area contributed by atoms with Gasteiger partial charge in [0.1, 0.15) is 11.4 Å². The van der Waals surface area contributed by atoms with Crippen LogP contribution in [0.3, 0.4) is 0 Å². The molecular weight excluding hydrogens is 572 g/mol. The van der Waals surface area contributed by atoms with E-state index in [2.05, 4.69) is 10.6 Å². The molecule has 5 rings (SSSR count). The third-order valence-electron chi connectivity index (χ3n) is 7.13. The van der Waals surface area contributed by atoms with Crippen LogP contribution in [0.5, 0.6) is 0 Å². The van der Waals surface area contributed by atoms with Crippen LogP contribution in [0.25, 0.3) is 10.9 Å². The van der Waals surface area contributed by atoms with Gasteiger partial charge >= 0.3 is 12.1 Å². The summed E-state index contributed by atoms with van der Waals surface area (Å²) in [7, 11) is 0. The molecule has 1 saturated heterocycles. The zero-order valence-electron chi connectivity index (χ0n) is 21.0. The molecule has 1 aromatic heterocycles. The molecule has 2 heterocycles. The molecule has 2 aromatic carbocycles. The average molecular weight is 597 g/mol. The van der Waals surface area contributed by atoms with E-state index in [4.69, 9.17) is 23.8 Å². The summed E-state index contributed by atoms with van der Waals surface area (Å²) < 4.78 is 56.5. The lowest BCUT2D eigenvalue weighted by molar-refractivity contribution is -0.137. The van der Waals surface area contributed by atoms with Crippen molar-refractivity contribution in [1.29, 1.82) is 0 Å². The molecule has 1 saturated carbocycles. The highest BCUT2D eigenvalue weighted by Crippen LogP contribution is 2.42. The third-order valence-corrected chi connectivity index (χ3v) is 7.70. The summed E-state index contributed by atoms with van der Waals surface area (Å²) in [6.45, 7) is 0.752. The number of aromatic carboxylic acids is 1. The number of nitrogens with zero attached hydrogens (tertiary/aromatic N) is 2. The zero-order chi connectivity index (χ0) is 28.8. The first-order valence-corrected chi connectivity index (χ1v) is 13.5. The highest BCUT2D eigenvalue weighted by molar-refractivity contribution is 7.80. The molecule has 212 valence electrons. The van der Waals surface area contributed by atoms with Crippen LogP contribution in [0.2, 0.25) is 5.02 Å². The van der Waals surface area contributed by atoms with Crippen LogP contribution in [-0.4, -0.2) is 39.9 Å². The van der Waals surface area contributed by atoms with Gasteiger partial charge in [-0.3, -0.25) is 4.79 Å². The standard InChI is InChI=1S/C27H25ClF4N4O3S/c28-21-22-18(24(37)19(25(38)39)13-36(22)17-7-8-17)11-20(29)23(21)35-9-2-1-5-16(12-35)34-26(40)33-15-6-3-4-14(10-15)27(30,31)32/h3-4,6,10-11,13,16-17H,1-2,5,7-9,12H2,(H,38,39)(H2,33,34,40). The van der Waals surface area contributed by atoms with Gasteiger partial charge in [-0.2, -0.15) is 13.2 Å². The molecule has 2 fully saturated rings. The summed E-state index contributed by atoms with van der Waals surface area (Å²) in [5.74, 6) is -2.14. The second-order valence-electron chi connectivity index (χ2n) is 10.0. The summed E-state index contributed by atoms with van der Waals surface area (Å²) in [6.07, 6.45) is 0.524. The molecule has 7 nitrogen and oxygen atoms in total. The molecule has 0 amide bonds. The quantitative estimate of drug-likeness (QED) is 0.239. The Bertz CT molecular complexity index is 1560. The molecule has 3 aromatic rings. The van der Waals surface area contributed by atoms with Crippen LogP contribution < -0.4 is 21.0 Å². The summed E-state index contributed by atoms with van der Waals surface area (Å²) >= 11 is 12.1. The first kappa shape index (κ1) is 28.2. The van der Waals surface area contributed by atoms with Crippen molar-refractivity contribution in [3.63, 3.8) is 0 Å². The van der Waals surface area contributed by atoms with E-state index in [-0.39, 0.29) is 45.5 Å². The van der Waals surface area contributed by atoms with Crippen LogP contribution in [0.1, 0.15) is 54.1 Å². The Morgan fingerprint density at radius 1 is 1.15 bits per heavy atom. The number of carboxylic acid groups (broad SMARTS) is 1. The molecule has 1 aliphatic heterocycles. The van der Waals surface area contributed by atoms with Gasteiger partial charge in [-0.25, -0.2) is 9.18 Å². The maximum absolute atomic E-state index is 15.6. The fourth-order valence-electron chi connectivity index (χ4n) is 5.10. The van der Waals surface area contributed by atoms with E-state index in [1.165, 1.54) is 18.3 Å². The van der Waals surface area contributed by atoms with E-state index in [1.54, 1.807) is 9.47 Å². The monoisotopic (exact) mass is 596 g/mol. The number of rotatable bonds is 5. The van der Waals surface area contributed by atoms with Crippen molar-refractivity contribution < 1.29 is 27.5 Å². The number of fused-ring (bicyclic) bond motifs is 1. The number of halogens is 5. The van der Waals surface area contributed by atoms with Crippen molar-refractivity contribution in [2.75, 3.05) is 23.3 Å². The lowest BCUT2D eigenvalue weighted by Gasteiger charge is -2.29. The number of thiocarbonyl (C=S) groups is 1. The van der Waals surface area contributed by atoms with Gasteiger partial charge in [0, 0.05) is 37.1 Å². The van der Waals surface area contributed by atoms with Crippen LogP contribution >= 0.6 is 23.8 Å². The fourth-order valence-corrected chi connectivity index (χ4v) is 5.80. The van der Waals surface area contributed by atoms with Crippen molar-refractivity contribution in [2.45, 2.75) is 50.4 Å². The van der Waals surface area contributed by atoms with Gasteiger partial charge in [-0.1, -0.05) is 17.7 Å². The smallest absolute Gasteiger partial charge is 0.416 e. The first-order chi connectivity index (χ1) is 18.9. The molecule has 0 bridgehead atoms. The van der Waals surface area contributed by atoms with Crippen LogP contribution in [-0.2, 0) is 6.18 Å². The minimum Gasteiger partial charge on any atom is -0.477 e. The minimum atomic E-state index is -4.49. The topological polar surface area (TPSA) is 86.6 Å². The van der Waals surface area contributed by atoms with Crippen molar-refractivity contribution >= 4 is 57.2 Å². The molecule has 1 aliphatic carbocycles. The normalized spacial score (nSPS) is 17.9. The second-order valence-corrected chi connectivity index (χ2v) is 10.8. The van der Waals surface area contributed by atoms with E-state index >= 15 is 4.39 Å². The number of nitrogens with one attached hydrogen (secondary N) is 2. The predicted octanol–water partition coefficient (Wildman–Crippen LogP) is 6.19. The summed E-state index contributed by atoms with van der Waals surface area (Å²) in [5, 5.41) is 15.5. The Labute approximate surface area is 236 Å². The Kier molecular flexibility index (Phi) is 7.66. The maximum atomic E-state index is 15.6. The van der Waals surface area contributed by atoms with E-state index in [9.17, 15) is 27.9 Å². The minimum absolute atomic E-state index is 0.0289. The molecule has 1 unspecified atom stereocenters. The highest BCUT2D eigenvalue weighted by atomic mass is 35.5. The van der Waals surface area contributed by atoms with Gasteiger partial charge in [0.15, 0.2) is 5.11 Å². The van der Waals surface area contributed by atoms with Crippen molar-refractivity contribution in [3.8, 4) is 0 Å². The number of hydrogen-bond acceptors (Lipinski definition) is 4. The average Bonchev–Trinajstić information content (AvgIpc) is 3.73. The first-order valence-electron chi connectivity index (χ1n) is 12.7. The molecular formula is C27H25ClF4N4O3S. The van der Waals surface area contributed by atoms with E-state index in [1.807, 2.05) is 0 Å². The molecule has 0 spiro atoms. The van der Waals surface area contributed by atoms with Gasteiger partial charge in [0.05, 0.1) is 27.2 Å². The molecule has 2 aliphatic rings. The Balaban J connectivity index is 1.42. The van der Waals surface area contributed by atoms with Crippen molar-refractivity contribution in [3.05, 3.63) is 68.7 Å². The predicted molar refractivity (Wildman–Crippen MR) is 149 cm³/mol. The highest BCUT2D eigenvalue weighted by Gasteiger charge is 2.32.